The molecule has 0 spiro atoms. The van der Waals surface area contributed by atoms with Crippen LogP contribution in [0.4, 0.5) is 0 Å². The van der Waals surface area contributed by atoms with Crippen LogP contribution >= 0.6 is 0 Å². The van der Waals surface area contributed by atoms with Crippen molar-refractivity contribution in [3.8, 4) is 5.69 Å². The molecule has 0 amide bonds. The van der Waals surface area contributed by atoms with E-state index in [4.69, 9.17) is 0 Å². The fourth-order valence-corrected chi connectivity index (χ4v) is 2.27. The predicted molar refractivity (Wildman–Crippen MR) is 85.3 cm³/mol. The van der Waals surface area contributed by atoms with Crippen LogP contribution in [0.2, 0.25) is 0 Å². The first-order valence-corrected chi connectivity index (χ1v) is 6.99. The van der Waals surface area contributed by atoms with Gasteiger partial charge < -0.3 is 29.4 Å². The summed E-state index contributed by atoms with van der Waals surface area (Å²) in [5.74, 6) is 0. The summed E-state index contributed by atoms with van der Waals surface area (Å²) in [6, 6.07) is 12.5. The molecule has 4 rings (SSSR count). The van der Waals surface area contributed by atoms with Crippen molar-refractivity contribution in [3.63, 3.8) is 0 Å². The second kappa shape index (κ2) is 10.6. The first-order valence-electron chi connectivity index (χ1n) is 6.99. The van der Waals surface area contributed by atoms with Gasteiger partial charge in [-0.25, -0.2) is 11.1 Å². The smallest absolute Gasteiger partial charge is 1.00 e. The minimum absolute atomic E-state index is 0. The van der Waals surface area contributed by atoms with Crippen molar-refractivity contribution in [3.05, 3.63) is 72.4 Å². The van der Waals surface area contributed by atoms with E-state index >= 15 is 0 Å². The standard InChI is InChI=1S/C11H8N3.C7H9.2ClH.Ti/c1-2-4-10-6-11(5-9(10)3-1)14-7-12-13-8-14;1-6-4-3-5-7(6)2;;;/h1-8H;4H,3H2,1-2H3;2*1H;/q2*-1;;;+4/p-2. The molecular formula is C18H17Cl2N3Ti. The third kappa shape index (κ3) is 5.39. The van der Waals surface area contributed by atoms with Crippen LogP contribution in [0.1, 0.15) is 20.3 Å². The fraction of sp³-hybridized carbons (Fsp3) is 0.167. The topological polar surface area (TPSA) is 30.7 Å². The Morgan fingerprint density at radius 2 is 1.75 bits per heavy atom. The van der Waals surface area contributed by atoms with Gasteiger partial charge in [0.05, 0.1) is 0 Å². The van der Waals surface area contributed by atoms with Gasteiger partial charge in [0, 0.05) is 0 Å². The molecule has 2 aromatic carbocycles. The molecule has 0 atom stereocenters. The minimum Gasteiger partial charge on any atom is -1.00 e. The van der Waals surface area contributed by atoms with Crippen LogP contribution < -0.4 is 24.8 Å². The molecule has 1 aliphatic carbocycles. The molecule has 1 aromatic heterocycles. The van der Waals surface area contributed by atoms with Gasteiger partial charge in [0.15, 0.2) is 0 Å². The van der Waals surface area contributed by atoms with E-state index in [1.165, 1.54) is 21.9 Å². The summed E-state index contributed by atoms with van der Waals surface area (Å²) < 4.78 is 1.90. The van der Waals surface area contributed by atoms with Gasteiger partial charge in [-0.15, -0.1) is 64.6 Å². The normalized spacial score (nSPS) is 11.9. The Labute approximate surface area is 169 Å². The van der Waals surface area contributed by atoms with E-state index in [0.29, 0.717) is 0 Å². The fourth-order valence-electron chi connectivity index (χ4n) is 2.27. The predicted octanol–water partition coefficient (Wildman–Crippen LogP) is -1.77. The van der Waals surface area contributed by atoms with E-state index in [-0.39, 0.29) is 46.5 Å². The zero-order valence-electron chi connectivity index (χ0n) is 13.5. The average Bonchev–Trinajstić information content (AvgIpc) is 3.21. The summed E-state index contributed by atoms with van der Waals surface area (Å²) in [7, 11) is 0. The first kappa shape index (κ1) is 22.7. The van der Waals surface area contributed by atoms with Crippen molar-refractivity contribution in [2.45, 2.75) is 20.3 Å². The van der Waals surface area contributed by atoms with Gasteiger partial charge in [-0.05, 0) is 5.69 Å². The zero-order chi connectivity index (χ0) is 14.7. The number of halogens is 2. The number of hydrogen-bond donors (Lipinski definition) is 0. The van der Waals surface area contributed by atoms with E-state index in [0.717, 1.165) is 12.1 Å². The number of allylic oxidation sites excluding steroid dienone is 4. The van der Waals surface area contributed by atoms with Crippen molar-refractivity contribution < 1.29 is 46.5 Å². The number of hydrogen-bond acceptors (Lipinski definition) is 2. The molecule has 1 heterocycles. The summed E-state index contributed by atoms with van der Waals surface area (Å²) >= 11 is 0. The molecule has 0 unspecified atom stereocenters. The van der Waals surface area contributed by atoms with Crippen LogP contribution in [0, 0.1) is 6.08 Å². The van der Waals surface area contributed by atoms with Gasteiger partial charge in [0.25, 0.3) is 0 Å². The van der Waals surface area contributed by atoms with Crippen LogP contribution in [0.3, 0.4) is 0 Å². The van der Waals surface area contributed by atoms with Crippen LogP contribution in [0.25, 0.3) is 16.5 Å². The van der Waals surface area contributed by atoms with Gasteiger partial charge in [-0.3, -0.25) is 6.08 Å². The maximum atomic E-state index is 3.78. The number of nitrogens with zero attached hydrogens (tertiary/aromatic N) is 3. The summed E-state index contributed by atoms with van der Waals surface area (Å²) in [5.41, 5.74) is 3.82. The Morgan fingerprint density at radius 1 is 1.08 bits per heavy atom. The molecule has 0 radical (unpaired) electrons. The molecule has 3 aromatic rings. The van der Waals surface area contributed by atoms with Gasteiger partial charge >= 0.3 is 21.7 Å². The Morgan fingerprint density at radius 3 is 2.25 bits per heavy atom. The number of benzene rings is 1. The van der Waals surface area contributed by atoms with Crippen molar-refractivity contribution in [1.82, 2.24) is 14.8 Å². The van der Waals surface area contributed by atoms with Crippen molar-refractivity contribution >= 4 is 10.8 Å². The zero-order valence-corrected chi connectivity index (χ0v) is 16.6. The SMILES string of the molecule is CC1=[C-]CC=C1C.[Cl-].[Cl-].[Ti+4].c1ccc2[cH-]c(-n3cnnc3)cc2c1. The van der Waals surface area contributed by atoms with Gasteiger partial charge in [-0.2, -0.15) is 6.08 Å². The molecule has 0 N–H and O–H groups in total. The third-order valence-electron chi connectivity index (χ3n) is 3.69. The third-order valence-corrected chi connectivity index (χ3v) is 3.69. The molecule has 24 heavy (non-hydrogen) atoms. The van der Waals surface area contributed by atoms with E-state index in [1.54, 1.807) is 12.7 Å². The number of fused-ring (bicyclic) bond motifs is 1. The maximum Gasteiger partial charge on any atom is 4.00 e. The van der Waals surface area contributed by atoms with Crippen LogP contribution in [-0.4, -0.2) is 14.8 Å². The largest absolute Gasteiger partial charge is 4.00 e. The first-order chi connectivity index (χ1) is 10.2. The molecule has 0 aliphatic heterocycles. The second-order valence-electron chi connectivity index (χ2n) is 5.10. The summed E-state index contributed by atoms with van der Waals surface area (Å²) in [4.78, 5) is 0. The molecule has 6 heteroatoms. The molecule has 3 nitrogen and oxygen atoms in total. The summed E-state index contributed by atoms with van der Waals surface area (Å²) in [6.45, 7) is 4.22. The maximum absolute atomic E-state index is 3.78. The Kier molecular flexibility index (Phi) is 10.0. The van der Waals surface area contributed by atoms with Crippen molar-refractivity contribution in [2.24, 2.45) is 0 Å². The summed E-state index contributed by atoms with van der Waals surface area (Å²) in [5, 5.41) is 10.1. The van der Waals surface area contributed by atoms with Crippen LogP contribution in [-0.2, 0) is 21.7 Å². The molecule has 0 saturated carbocycles. The molecule has 0 saturated heterocycles. The number of aromatic nitrogens is 3. The summed E-state index contributed by atoms with van der Waals surface area (Å²) in [6.07, 6.45) is 9.81. The van der Waals surface area contributed by atoms with Crippen molar-refractivity contribution in [1.29, 1.82) is 0 Å². The molecule has 0 bridgehead atoms. The molecule has 1 aliphatic rings. The van der Waals surface area contributed by atoms with E-state index in [9.17, 15) is 0 Å². The molecule has 122 valence electrons. The Bertz CT molecular complexity index is 756. The molecular weight excluding hydrogens is 377 g/mol. The second-order valence-corrected chi connectivity index (χ2v) is 5.10. The van der Waals surface area contributed by atoms with Crippen molar-refractivity contribution in [2.75, 3.05) is 0 Å². The van der Waals surface area contributed by atoms with Crippen LogP contribution in [0.15, 0.2) is 66.3 Å². The van der Waals surface area contributed by atoms with Gasteiger partial charge in [-0.1, -0.05) is 13.0 Å². The van der Waals surface area contributed by atoms with E-state index in [2.05, 4.69) is 60.5 Å². The Hall–Kier alpha value is -1.26. The average molecular weight is 394 g/mol. The minimum atomic E-state index is 0. The monoisotopic (exact) mass is 393 g/mol. The van der Waals surface area contributed by atoms with E-state index in [1.807, 2.05) is 16.7 Å². The number of rotatable bonds is 1. The quantitative estimate of drug-likeness (QED) is 0.362. The Balaban J connectivity index is 0.000000463. The van der Waals surface area contributed by atoms with Crippen LogP contribution in [0.5, 0.6) is 0 Å². The molecule has 0 fully saturated rings. The van der Waals surface area contributed by atoms with Gasteiger partial charge in [0.2, 0.25) is 0 Å². The van der Waals surface area contributed by atoms with E-state index < -0.39 is 0 Å². The van der Waals surface area contributed by atoms with Gasteiger partial charge in [0.1, 0.15) is 12.7 Å².